The van der Waals surface area contributed by atoms with Crippen LogP contribution in [0.5, 0.6) is 0 Å². The zero-order chi connectivity index (χ0) is 15.7. The highest BCUT2D eigenvalue weighted by Gasteiger charge is 2.25. The summed E-state index contributed by atoms with van der Waals surface area (Å²) in [5.74, 6) is 0. The van der Waals surface area contributed by atoms with Crippen LogP contribution in [-0.4, -0.2) is 23.4 Å². The Morgan fingerprint density at radius 2 is 1.64 bits per heavy atom. The average molecular weight is 314 g/mol. The minimum Gasteiger partial charge on any atom is -0.399 e. The van der Waals surface area contributed by atoms with Gasteiger partial charge in [-0.2, -0.15) is 0 Å². The summed E-state index contributed by atoms with van der Waals surface area (Å²) in [6.07, 6.45) is 0. The van der Waals surface area contributed by atoms with Gasteiger partial charge in [-0.3, -0.25) is 0 Å². The van der Waals surface area contributed by atoms with E-state index in [9.17, 15) is 8.42 Å². The lowest BCUT2D eigenvalue weighted by molar-refractivity contribution is 0.591. The molecule has 0 aliphatic carbocycles. The summed E-state index contributed by atoms with van der Waals surface area (Å²) < 4.78 is 26.7. The van der Waals surface area contributed by atoms with Crippen molar-refractivity contribution in [1.82, 2.24) is 15.0 Å². The summed E-state index contributed by atoms with van der Waals surface area (Å²) in [6, 6.07) is 15.2. The normalized spacial score (nSPS) is 11.5. The molecule has 7 heteroatoms. The molecule has 0 aliphatic rings. The Kier molecular flexibility index (Phi) is 3.42. The Hall–Kier alpha value is -2.67. The van der Waals surface area contributed by atoms with Gasteiger partial charge in [0.25, 0.3) is 0 Å². The van der Waals surface area contributed by atoms with Gasteiger partial charge in [-0.15, -0.1) is 5.10 Å². The first-order valence-corrected chi connectivity index (χ1v) is 8.07. The third kappa shape index (κ3) is 2.35. The van der Waals surface area contributed by atoms with E-state index in [-0.39, 0.29) is 9.92 Å². The molecule has 0 unspecified atom stereocenters. The number of sulfone groups is 1. The van der Waals surface area contributed by atoms with Crippen molar-refractivity contribution in [2.45, 2.75) is 16.8 Å². The van der Waals surface area contributed by atoms with Crippen LogP contribution >= 0.6 is 0 Å². The molecule has 0 saturated carbocycles. The average Bonchev–Trinajstić information content (AvgIpc) is 2.91. The number of hydrogen-bond acceptors (Lipinski definition) is 5. The number of nitrogens with zero attached hydrogens (tertiary/aromatic N) is 3. The molecule has 0 atom stereocenters. The van der Waals surface area contributed by atoms with Crippen LogP contribution in [-0.2, 0) is 9.84 Å². The lowest BCUT2D eigenvalue weighted by Crippen LogP contribution is -2.05. The molecule has 22 heavy (non-hydrogen) atoms. The van der Waals surface area contributed by atoms with Crippen LogP contribution in [0.25, 0.3) is 5.69 Å². The monoisotopic (exact) mass is 314 g/mol. The van der Waals surface area contributed by atoms with Gasteiger partial charge < -0.3 is 5.73 Å². The van der Waals surface area contributed by atoms with Gasteiger partial charge in [0.05, 0.1) is 16.3 Å². The zero-order valence-electron chi connectivity index (χ0n) is 11.8. The third-order valence-electron chi connectivity index (χ3n) is 3.30. The molecule has 2 aromatic carbocycles. The molecule has 2 N–H and O–H groups in total. The fourth-order valence-corrected chi connectivity index (χ4v) is 3.49. The fourth-order valence-electron chi connectivity index (χ4n) is 2.14. The van der Waals surface area contributed by atoms with Crippen molar-refractivity contribution >= 4 is 15.5 Å². The Bertz CT molecular complexity index is 900. The van der Waals surface area contributed by atoms with Crippen LogP contribution in [0.1, 0.15) is 5.69 Å². The highest BCUT2D eigenvalue weighted by molar-refractivity contribution is 7.91. The van der Waals surface area contributed by atoms with Crippen molar-refractivity contribution in [2.24, 2.45) is 0 Å². The summed E-state index contributed by atoms with van der Waals surface area (Å²) >= 11 is 0. The molecule has 6 nitrogen and oxygen atoms in total. The lowest BCUT2D eigenvalue weighted by atomic mass is 10.3. The number of aromatic nitrogens is 3. The molecule has 0 amide bonds. The molecule has 3 rings (SSSR count). The second kappa shape index (κ2) is 5.27. The summed E-state index contributed by atoms with van der Waals surface area (Å²) in [7, 11) is -3.68. The predicted octanol–water partition coefficient (Wildman–Crippen LogP) is 1.99. The predicted molar refractivity (Wildman–Crippen MR) is 82.4 cm³/mol. The van der Waals surface area contributed by atoms with Crippen LogP contribution in [0.4, 0.5) is 5.69 Å². The first-order valence-electron chi connectivity index (χ1n) is 6.58. The van der Waals surface area contributed by atoms with E-state index in [1.54, 1.807) is 49.4 Å². The molecule has 0 saturated heterocycles. The smallest absolute Gasteiger partial charge is 0.227 e. The number of nitrogens with two attached hydrogens (primary N) is 1. The molecule has 1 heterocycles. The van der Waals surface area contributed by atoms with Crippen molar-refractivity contribution in [3.05, 3.63) is 60.3 Å². The summed E-state index contributed by atoms with van der Waals surface area (Å²) in [5, 5.41) is 7.76. The van der Waals surface area contributed by atoms with E-state index in [1.807, 2.05) is 0 Å². The van der Waals surface area contributed by atoms with Crippen molar-refractivity contribution in [3.63, 3.8) is 0 Å². The Morgan fingerprint density at radius 1 is 1.00 bits per heavy atom. The van der Waals surface area contributed by atoms with Crippen LogP contribution < -0.4 is 5.73 Å². The van der Waals surface area contributed by atoms with Crippen molar-refractivity contribution < 1.29 is 8.42 Å². The van der Waals surface area contributed by atoms with Gasteiger partial charge in [-0.1, -0.05) is 23.4 Å². The largest absolute Gasteiger partial charge is 0.399 e. The molecule has 112 valence electrons. The molecule has 0 bridgehead atoms. The first kappa shape index (κ1) is 14.3. The summed E-state index contributed by atoms with van der Waals surface area (Å²) in [4.78, 5) is 0.197. The van der Waals surface area contributed by atoms with E-state index < -0.39 is 9.84 Å². The molecule has 1 aromatic heterocycles. The maximum Gasteiger partial charge on any atom is 0.227 e. The van der Waals surface area contributed by atoms with Crippen LogP contribution in [0, 0.1) is 6.92 Å². The SMILES string of the molecule is Cc1c(S(=O)(=O)c2ccccc2)nnn1-c1ccc(N)cc1. The van der Waals surface area contributed by atoms with Crippen molar-refractivity contribution in [2.75, 3.05) is 5.73 Å². The maximum absolute atomic E-state index is 12.6. The van der Waals surface area contributed by atoms with Crippen molar-refractivity contribution in [3.8, 4) is 5.69 Å². The third-order valence-corrected chi connectivity index (χ3v) is 5.08. The maximum atomic E-state index is 12.6. The second-order valence-corrected chi connectivity index (χ2v) is 6.66. The molecule has 0 radical (unpaired) electrons. The van der Waals surface area contributed by atoms with Crippen LogP contribution in [0.3, 0.4) is 0 Å². The van der Waals surface area contributed by atoms with Gasteiger partial charge in [0.2, 0.25) is 14.9 Å². The quantitative estimate of drug-likeness (QED) is 0.747. The minimum atomic E-state index is -3.68. The number of hydrogen-bond donors (Lipinski definition) is 1. The van der Waals surface area contributed by atoms with Crippen molar-refractivity contribution in [1.29, 1.82) is 0 Å². The van der Waals surface area contributed by atoms with Gasteiger partial charge in [0, 0.05) is 5.69 Å². The van der Waals surface area contributed by atoms with Gasteiger partial charge in [0.15, 0.2) is 0 Å². The topological polar surface area (TPSA) is 90.9 Å². The fraction of sp³-hybridized carbons (Fsp3) is 0.0667. The first-order chi connectivity index (χ1) is 10.5. The van der Waals surface area contributed by atoms with Crippen LogP contribution in [0.2, 0.25) is 0 Å². The zero-order valence-corrected chi connectivity index (χ0v) is 12.7. The number of nitrogen functional groups attached to an aromatic ring is 1. The Morgan fingerprint density at radius 3 is 2.27 bits per heavy atom. The standard InChI is InChI=1S/C15H14N4O2S/c1-11-15(22(20,21)14-5-3-2-4-6-14)17-18-19(11)13-9-7-12(16)8-10-13/h2-10H,16H2,1H3. The molecular formula is C15H14N4O2S. The summed E-state index contributed by atoms with van der Waals surface area (Å²) in [5.41, 5.74) is 7.43. The summed E-state index contributed by atoms with van der Waals surface area (Å²) in [6.45, 7) is 1.67. The Labute approximate surface area is 128 Å². The number of rotatable bonds is 3. The van der Waals surface area contributed by atoms with E-state index in [4.69, 9.17) is 5.73 Å². The van der Waals surface area contributed by atoms with E-state index >= 15 is 0 Å². The molecule has 3 aromatic rings. The van der Waals surface area contributed by atoms with E-state index in [2.05, 4.69) is 10.3 Å². The van der Waals surface area contributed by atoms with E-state index in [1.165, 1.54) is 16.8 Å². The number of benzene rings is 2. The van der Waals surface area contributed by atoms with Gasteiger partial charge >= 0.3 is 0 Å². The highest BCUT2D eigenvalue weighted by atomic mass is 32.2. The molecule has 0 fully saturated rings. The Balaban J connectivity index is 2.10. The van der Waals surface area contributed by atoms with Gasteiger partial charge in [-0.05, 0) is 43.3 Å². The van der Waals surface area contributed by atoms with Crippen LogP contribution in [0.15, 0.2) is 64.5 Å². The lowest BCUT2D eigenvalue weighted by Gasteiger charge is -2.05. The number of anilines is 1. The van der Waals surface area contributed by atoms with Gasteiger partial charge in [0.1, 0.15) is 0 Å². The molecular weight excluding hydrogens is 300 g/mol. The minimum absolute atomic E-state index is 0.0458. The van der Waals surface area contributed by atoms with Gasteiger partial charge in [-0.25, -0.2) is 13.1 Å². The molecule has 0 aliphatic heterocycles. The molecule has 0 spiro atoms. The van der Waals surface area contributed by atoms with E-state index in [0.29, 0.717) is 17.1 Å². The highest BCUT2D eigenvalue weighted by Crippen LogP contribution is 2.23. The van der Waals surface area contributed by atoms with E-state index in [0.717, 1.165) is 0 Å². The second-order valence-electron chi connectivity index (χ2n) is 4.80.